The zero-order valence-electron chi connectivity index (χ0n) is 11.1. The van der Waals surface area contributed by atoms with E-state index in [-0.39, 0.29) is 0 Å². The average molecular weight is 233 g/mol. The van der Waals surface area contributed by atoms with Crippen LogP contribution < -0.4 is 4.74 Å². The number of aromatic nitrogens is 3. The Kier molecular flexibility index (Phi) is 4.69. The molecule has 2 heterocycles. The van der Waals surface area contributed by atoms with Gasteiger partial charge in [-0.2, -0.15) is 0 Å². The third-order valence-corrected chi connectivity index (χ3v) is 2.19. The molecule has 0 aromatic carbocycles. The standard InChI is InChI=1S/C11H13N3O.C2H6/c1-8-4-11(15-3)10(5-12-8)14-6-9(2)13-7-14;1-2/h4-7H,1-3H3;1-2H3. The highest BCUT2D eigenvalue weighted by Gasteiger charge is 2.06. The van der Waals surface area contributed by atoms with Gasteiger partial charge in [-0.25, -0.2) is 4.98 Å². The van der Waals surface area contributed by atoms with Crippen LogP contribution in [-0.2, 0) is 0 Å². The Bertz CT molecular complexity index is 477. The molecule has 0 aliphatic carbocycles. The summed E-state index contributed by atoms with van der Waals surface area (Å²) in [6, 6.07) is 1.91. The first-order valence-corrected chi connectivity index (χ1v) is 5.72. The maximum absolute atomic E-state index is 5.30. The van der Waals surface area contributed by atoms with Crippen molar-refractivity contribution in [2.75, 3.05) is 7.11 Å². The fourth-order valence-corrected chi connectivity index (χ4v) is 1.44. The van der Waals surface area contributed by atoms with Crippen molar-refractivity contribution in [3.05, 3.63) is 36.2 Å². The molecule has 0 aliphatic heterocycles. The van der Waals surface area contributed by atoms with Crippen LogP contribution in [0.4, 0.5) is 0 Å². The van der Waals surface area contributed by atoms with E-state index in [9.17, 15) is 0 Å². The van der Waals surface area contributed by atoms with Gasteiger partial charge in [0.05, 0.1) is 25.3 Å². The minimum atomic E-state index is 0.805. The molecule has 2 rings (SSSR count). The molecule has 0 radical (unpaired) electrons. The zero-order valence-corrected chi connectivity index (χ0v) is 11.1. The number of hydrogen-bond donors (Lipinski definition) is 0. The van der Waals surface area contributed by atoms with Crippen LogP contribution in [0.5, 0.6) is 5.75 Å². The van der Waals surface area contributed by atoms with Crippen LogP contribution in [0.3, 0.4) is 0 Å². The van der Waals surface area contributed by atoms with Gasteiger partial charge in [0.2, 0.25) is 0 Å². The number of ether oxygens (including phenoxy) is 1. The lowest BCUT2D eigenvalue weighted by Crippen LogP contribution is -1.97. The molecule has 0 spiro atoms. The number of pyridine rings is 1. The van der Waals surface area contributed by atoms with Gasteiger partial charge >= 0.3 is 0 Å². The van der Waals surface area contributed by atoms with Gasteiger partial charge < -0.3 is 9.30 Å². The second kappa shape index (κ2) is 6.03. The van der Waals surface area contributed by atoms with Crippen molar-refractivity contribution in [2.24, 2.45) is 0 Å². The summed E-state index contributed by atoms with van der Waals surface area (Å²) >= 11 is 0. The molecule has 0 unspecified atom stereocenters. The first-order chi connectivity index (χ1) is 8.20. The summed E-state index contributed by atoms with van der Waals surface area (Å²) in [7, 11) is 1.65. The average Bonchev–Trinajstić information content (AvgIpc) is 2.78. The van der Waals surface area contributed by atoms with Gasteiger partial charge in [0.25, 0.3) is 0 Å². The van der Waals surface area contributed by atoms with E-state index in [0.29, 0.717) is 0 Å². The second-order valence-electron chi connectivity index (χ2n) is 3.42. The van der Waals surface area contributed by atoms with E-state index in [0.717, 1.165) is 22.8 Å². The van der Waals surface area contributed by atoms with Crippen LogP contribution in [0.2, 0.25) is 0 Å². The molecule has 2 aromatic rings. The molecule has 0 atom stereocenters. The van der Waals surface area contributed by atoms with Crippen LogP contribution in [0.15, 0.2) is 24.8 Å². The highest BCUT2D eigenvalue weighted by atomic mass is 16.5. The number of rotatable bonds is 2. The molecule has 0 saturated heterocycles. The topological polar surface area (TPSA) is 39.9 Å². The first-order valence-electron chi connectivity index (χ1n) is 5.72. The van der Waals surface area contributed by atoms with Crippen molar-refractivity contribution in [3.8, 4) is 11.4 Å². The molecule has 0 aliphatic rings. The molecular formula is C13H19N3O. The van der Waals surface area contributed by atoms with E-state index in [1.165, 1.54) is 0 Å². The molecule has 0 bridgehead atoms. The van der Waals surface area contributed by atoms with Gasteiger partial charge in [-0.3, -0.25) is 4.98 Å². The lowest BCUT2D eigenvalue weighted by atomic mass is 10.3. The highest BCUT2D eigenvalue weighted by molar-refractivity contribution is 5.45. The Labute approximate surface area is 102 Å². The van der Waals surface area contributed by atoms with Crippen molar-refractivity contribution >= 4 is 0 Å². The number of hydrogen-bond acceptors (Lipinski definition) is 3. The van der Waals surface area contributed by atoms with Gasteiger partial charge in [0.1, 0.15) is 11.4 Å². The summed E-state index contributed by atoms with van der Waals surface area (Å²) in [6.07, 6.45) is 5.48. The number of aryl methyl sites for hydroxylation is 2. The lowest BCUT2D eigenvalue weighted by Gasteiger charge is -2.08. The lowest BCUT2D eigenvalue weighted by molar-refractivity contribution is 0.412. The molecule has 4 heteroatoms. The van der Waals surface area contributed by atoms with Crippen LogP contribution >= 0.6 is 0 Å². The van der Waals surface area contributed by atoms with Crippen LogP contribution in [-0.4, -0.2) is 21.6 Å². The van der Waals surface area contributed by atoms with Gasteiger partial charge in [-0.05, 0) is 13.8 Å². The summed E-state index contributed by atoms with van der Waals surface area (Å²) in [5.41, 5.74) is 2.81. The SMILES string of the molecule is CC.COc1cc(C)ncc1-n1cnc(C)c1. The van der Waals surface area contributed by atoms with Crippen molar-refractivity contribution in [2.45, 2.75) is 27.7 Å². The Balaban J connectivity index is 0.000000686. The van der Waals surface area contributed by atoms with Crippen molar-refractivity contribution < 1.29 is 4.74 Å². The Morgan fingerprint density at radius 1 is 1.12 bits per heavy atom. The summed E-state index contributed by atoms with van der Waals surface area (Å²) < 4.78 is 7.20. The van der Waals surface area contributed by atoms with E-state index in [2.05, 4.69) is 9.97 Å². The molecule has 0 N–H and O–H groups in total. The van der Waals surface area contributed by atoms with Crippen LogP contribution in [0.1, 0.15) is 25.2 Å². The maximum Gasteiger partial charge on any atom is 0.146 e. The molecular weight excluding hydrogens is 214 g/mol. The van der Waals surface area contributed by atoms with E-state index in [1.807, 2.05) is 44.5 Å². The molecule has 92 valence electrons. The first kappa shape index (κ1) is 13.2. The molecule has 4 nitrogen and oxygen atoms in total. The summed E-state index contributed by atoms with van der Waals surface area (Å²) in [4.78, 5) is 8.42. The Hall–Kier alpha value is -1.84. The number of imidazole rings is 1. The summed E-state index contributed by atoms with van der Waals surface area (Å²) in [6.45, 7) is 7.88. The summed E-state index contributed by atoms with van der Waals surface area (Å²) in [5, 5.41) is 0. The fourth-order valence-electron chi connectivity index (χ4n) is 1.44. The monoisotopic (exact) mass is 233 g/mol. The van der Waals surface area contributed by atoms with Crippen LogP contribution in [0.25, 0.3) is 5.69 Å². The third-order valence-electron chi connectivity index (χ3n) is 2.19. The maximum atomic E-state index is 5.30. The van der Waals surface area contributed by atoms with E-state index in [4.69, 9.17) is 4.74 Å². The highest BCUT2D eigenvalue weighted by Crippen LogP contribution is 2.22. The van der Waals surface area contributed by atoms with Gasteiger partial charge in [-0.15, -0.1) is 0 Å². The predicted octanol–water partition coefficient (Wildman–Crippen LogP) is 2.92. The number of methoxy groups -OCH3 is 1. The smallest absolute Gasteiger partial charge is 0.146 e. The largest absolute Gasteiger partial charge is 0.494 e. The second-order valence-corrected chi connectivity index (χ2v) is 3.42. The third kappa shape index (κ3) is 3.06. The van der Waals surface area contributed by atoms with E-state index < -0.39 is 0 Å². The Morgan fingerprint density at radius 3 is 2.35 bits per heavy atom. The molecule has 17 heavy (non-hydrogen) atoms. The molecule has 2 aromatic heterocycles. The van der Waals surface area contributed by atoms with Crippen molar-refractivity contribution in [1.29, 1.82) is 0 Å². The van der Waals surface area contributed by atoms with Crippen molar-refractivity contribution in [3.63, 3.8) is 0 Å². The minimum Gasteiger partial charge on any atom is -0.494 e. The molecule has 0 saturated carbocycles. The van der Waals surface area contributed by atoms with Gasteiger partial charge in [-0.1, -0.05) is 13.8 Å². The van der Waals surface area contributed by atoms with E-state index >= 15 is 0 Å². The van der Waals surface area contributed by atoms with E-state index in [1.54, 1.807) is 19.6 Å². The van der Waals surface area contributed by atoms with Gasteiger partial charge in [0, 0.05) is 18.0 Å². The molecule has 0 fully saturated rings. The normalized spacial score (nSPS) is 9.47. The minimum absolute atomic E-state index is 0.805. The van der Waals surface area contributed by atoms with Crippen molar-refractivity contribution in [1.82, 2.24) is 14.5 Å². The van der Waals surface area contributed by atoms with Crippen LogP contribution in [0, 0.1) is 13.8 Å². The Morgan fingerprint density at radius 2 is 1.82 bits per heavy atom. The predicted molar refractivity (Wildman–Crippen MR) is 68.7 cm³/mol. The quantitative estimate of drug-likeness (QED) is 0.800. The zero-order chi connectivity index (χ0) is 12.8. The van der Waals surface area contributed by atoms with Gasteiger partial charge in [0.15, 0.2) is 0 Å². The molecule has 0 amide bonds. The fraction of sp³-hybridized carbons (Fsp3) is 0.385. The number of nitrogens with zero attached hydrogens (tertiary/aromatic N) is 3. The summed E-state index contributed by atoms with van der Waals surface area (Å²) in [5.74, 6) is 0.805.